The first kappa shape index (κ1) is 12.4. The molecule has 6 nitrogen and oxygen atoms in total. The Morgan fingerprint density at radius 3 is 2.85 bits per heavy atom. The number of hydrogen-bond donors (Lipinski definition) is 1. The summed E-state index contributed by atoms with van der Waals surface area (Å²) in [6.07, 6.45) is 4.61. The smallest absolute Gasteiger partial charge is 0.260 e. The van der Waals surface area contributed by atoms with Crippen molar-refractivity contribution in [2.75, 3.05) is 5.32 Å². The number of hydrogen-bond acceptors (Lipinski definition) is 4. The summed E-state index contributed by atoms with van der Waals surface area (Å²) in [7, 11) is 0. The van der Waals surface area contributed by atoms with Crippen LogP contribution >= 0.6 is 11.6 Å². The fourth-order valence-corrected chi connectivity index (χ4v) is 1.96. The normalized spacial score (nSPS) is 10.4. The van der Waals surface area contributed by atoms with Crippen molar-refractivity contribution in [2.45, 2.75) is 0 Å². The van der Waals surface area contributed by atoms with Gasteiger partial charge in [0.1, 0.15) is 0 Å². The Bertz CT molecular complexity index is 736. The van der Waals surface area contributed by atoms with Crippen molar-refractivity contribution in [3.8, 4) is 5.69 Å². The predicted molar refractivity (Wildman–Crippen MR) is 73.0 cm³/mol. The third-order valence-electron chi connectivity index (χ3n) is 2.68. The molecule has 0 unspecified atom stereocenters. The fourth-order valence-electron chi connectivity index (χ4n) is 1.76. The van der Waals surface area contributed by atoms with Crippen molar-refractivity contribution in [1.82, 2.24) is 15.0 Å². The Balaban J connectivity index is 1.92. The maximum absolute atomic E-state index is 12.1. The molecule has 0 aliphatic rings. The molecule has 1 N–H and O–H groups in total. The molecular weight excluding hydrogens is 280 g/mol. The summed E-state index contributed by atoms with van der Waals surface area (Å²) in [5.41, 5.74) is 1.58. The van der Waals surface area contributed by atoms with Crippen molar-refractivity contribution in [3.05, 3.63) is 59.8 Å². The van der Waals surface area contributed by atoms with E-state index >= 15 is 0 Å². The quantitative estimate of drug-likeness (QED) is 0.804. The Hall–Kier alpha value is -2.60. The summed E-state index contributed by atoms with van der Waals surface area (Å²) in [5, 5.41) is 10.5. The first-order chi connectivity index (χ1) is 9.75. The summed E-state index contributed by atoms with van der Waals surface area (Å²) >= 11 is 5.79. The van der Waals surface area contributed by atoms with Crippen molar-refractivity contribution in [1.29, 1.82) is 0 Å². The van der Waals surface area contributed by atoms with E-state index in [1.54, 1.807) is 23.1 Å². The fraction of sp³-hybridized carbons (Fsp3) is 0. The Morgan fingerprint density at radius 1 is 1.30 bits per heavy atom. The molecule has 2 heterocycles. The summed E-state index contributed by atoms with van der Waals surface area (Å²) in [5.74, 6) is -0.351. The second-order valence-electron chi connectivity index (χ2n) is 3.93. The van der Waals surface area contributed by atoms with Crippen molar-refractivity contribution in [3.63, 3.8) is 0 Å². The van der Waals surface area contributed by atoms with E-state index in [4.69, 9.17) is 16.0 Å². The molecule has 100 valence electrons. The van der Waals surface area contributed by atoms with E-state index in [0.29, 0.717) is 11.4 Å². The second kappa shape index (κ2) is 5.18. The maximum Gasteiger partial charge on any atom is 0.260 e. The van der Waals surface area contributed by atoms with Crippen molar-refractivity contribution < 1.29 is 9.21 Å². The largest absolute Gasteiger partial charge is 0.452 e. The van der Waals surface area contributed by atoms with Crippen LogP contribution in [0.15, 0.2) is 53.4 Å². The molecule has 2 aromatic heterocycles. The minimum Gasteiger partial charge on any atom is -0.452 e. The van der Waals surface area contributed by atoms with Crippen LogP contribution < -0.4 is 5.32 Å². The maximum atomic E-state index is 12.1. The highest BCUT2D eigenvalue weighted by atomic mass is 35.5. The monoisotopic (exact) mass is 288 g/mol. The number of nitrogens with zero attached hydrogens (tertiary/aromatic N) is 3. The Labute approximate surface area is 119 Å². The number of amides is 1. The standard InChI is InChI=1S/C13H9ClN4O2/c14-12-9(5-8-20-12)13(19)16-10-3-1-2-4-11(10)18-7-6-15-17-18/h1-8H,(H,16,19). The lowest BCUT2D eigenvalue weighted by Crippen LogP contribution is -2.13. The highest BCUT2D eigenvalue weighted by Crippen LogP contribution is 2.22. The number of furan rings is 1. The first-order valence-corrected chi connectivity index (χ1v) is 6.13. The molecule has 0 radical (unpaired) electrons. The minimum absolute atomic E-state index is 0.0562. The number of rotatable bonds is 3. The van der Waals surface area contributed by atoms with Crippen LogP contribution in [-0.2, 0) is 0 Å². The lowest BCUT2D eigenvalue weighted by Gasteiger charge is -2.09. The predicted octanol–water partition coefficient (Wildman–Crippen LogP) is 2.77. The van der Waals surface area contributed by atoms with Gasteiger partial charge in [0.15, 0.2) is 0 Å². The Morgan fingerprint density at radius 2 is 2.15 bits per heavy atom. The van der Waals surface area contributed by atoms with E-state index in [0.717, 1.165) is 0 Å². The molecule has 0 bridgehead atoms. The van der Waals surface area contributed by atoms with Crippen LogP contribution in [0.4, 0.5) is 5.69 Å². The van der Waals surface area contributed by atoms with Crippen molar-refractivity contribution in [2.24, 2.45) is 0 Å². The molecule has 0 atom stereocenters. The SMILES string of the molecule is O=C(Nc1ccccc1-n1ccnn1)c1ccoc1Cl. The number of benzene rings is 1. The van der Waals surface area contributed by atoms with Crippen LogP contribution in [0.3, 0.4) is 0 Å². The van der Waals surface area contributed by atoms with Crippen LogP contribution in [0, 0.1) is 0 Å². The lowest BCUT2D eigenvalue weighted by atomic mass is 10.2. The zero-order chi connectivity index (χ0) is 13.9. The van der Waals surface area contributed by atoms with Crippen molar-refractivity contribution >= 4 is 23.2 Å². The van der Waals surface area contributed by atoms with E-state index in [1.807, 2.05) is 18.2 Å². The molecule has 0 aliphatic carbocycles. The van der Waals surface area contributed by atoms with Gasteiger partial charge in [-0.3, -0.25) is 4.79 Å². The molecule has 3 aromatic rings. The number of para-hydroxylation sites is 2. The van der Waals surface area contributed by atoms with E-state index in [-0.39, 0.29) is 16.7 Å². The molecule has 0 fully saturated rings. The van der Waals surface area contributed by atoms with Gasteiger partial charge in [0, 0.05) is 0 Å². The first-order valence-electron chi connectivity index (χ1n) is 5.76. The van der Waals surface area contributed by atoms with E-state index < -0.39 is 0 Å². The number of carbonyl (C=O) groups excluding carboxylic acids is 1. The van der Waals surface area contributed by atoms with E-state index in [1.165, 1.54) is 12.3 Å². The van der Waals surface area contributed by atoms with Gasteiger partial charge in [-0.2, -0.15) is 0 Å². The summed E-state index contributed by atoms with van der Waals surface area (Å²) in [6, 6.07) is 8.75. The van der Waals surface area contributed by atoms with Gasteiger partial charge in [-0.15, -0.1) is 5.10 Å². The van der Waals surface area contributed by atoms with Crippen LogP contribution in [0.2, 0.25) is 5.22 Å². The summed E-state index contributed by atoms with van der Waals surface area (Å²) < 4.78 is 6.46. The van der Waals surface area contributed by atoms with Gasteiger partial charge < -0.3 is 9.73 Å². The Kier molecular flexibility index (Phi) is 3.22. The van der Waals surface area contributed by atoms with Gasteiger partial charge >= 0.3 is 0 Å². The number of nitrogens with one attached hydrogen (secondary N) is 1. The molecule has 0 spiro atoms. The zero-order valence-electron chi connectivity index (χ0n) is 10.2. The molecule has 0 saturated carbocycles. The highest BCUT2D eigenvalue weighted by Gasteiger charge is 2.15. The molecule has 1 aromatic carbocycles. The molecule has 3 rings (SSSR count). The molecule has 7 heteroatoms. The van der Waals surface area contributed by atoms with Gasteiger partial charge in [-0.25, -0.2) is 4.68 Å². The summed E-state index contributed by atoms with van der Waals surface area (Å²) in [6.45, 7) is 0. The number of aromatic nitrogens is 3. The molecule has 0 saturated heterocycles. The lowest BCUT2D eigenvalue weighted by molar-refractivity contribution is 0.102. The van der Waals surface area contributed by atoms with Crippen LogP contribution in [0.1, 0.15) is 10.4 Å². The zero-order valence-corrected chi connectivity index (χ0v) is 10.9. The average molecular weight is 289 g/mol. The second-order valence-corrected chi connectivity index (χ2v) is 4.27. The minimum atomic E-state index is -0.351. The summed E-state index contributed by atoms with van der Waals surface area (Å²) in [4.78, 5) is 12.1. The van der Waals surface area contributed by atoms with Crippen LogP contribution in [0.5, 0.6) is 0 Å². The third-order valence-corrected chi connectivity index (χ3v) is 2.98. The molecule has 1 amide bonds. The average Bonchev–Trinajstić information content (AvgIpc) is 3.10. The van der Waals surface area contributed by atoms with E-state index in [2.05, 4.69) is 15.6 Å². The number of anilines is 1. The highest BCUT2D eigenvalue weighted by molar-refractivity contribution is 6.32. The number of carbonyl (C=O) groups is 1. The topological polar surface area (TPSA) is 73.0 Å². The van der Waals surface area contributed by atoms with Crippen LogP contribution in [-0.4, -0.2) is 20.9 Å². The van der Waals surface area contributed by atoms with E-state index in [9.17, 15) is 4.79 Å². The molecule has 20 heavy (non-hydrogen) atoms. The van der Waals surface area contributed by atoms with Gasteiger partial charge in [-0.1, -0.05) is 17.3 Å². The van der Waals surface area contributed by atoms with Gasteiger partial charge in [0.05, 0.1) is 35.6 Å². The number of halogens is 1. The van der Waals surface area contributed by atoms with Gasteiger partial charge in [0.25, 0.3) is 5.91 Å². The molecule has 0 aliphatic heterocycles. The van der Waals surface area contributed by atoms with Gasteiger partial charge in [0.2, 0.25) is 5.22 Å². The van der Waals surface area contributed by atoms with Gasteiger partial charge in [-0.05, 0) is 29.8 Å². The third kappa shape index (κ3) is 2.28. The molecular formula is C13H9ClN4O2. The van der Waals surface area contributed by atoms with Crippen LogP contribution in [0.25, 0.3) is 5.69 Å².